The van der Waals surface area contributed by atoms with Gasteiger partial charge in [0.15, 0.2) is 0 Å². The van der Waals surface area contributed by atoms with Crippen molar-refractivity contribution in [2.45, 2.75) is 0 Å². The average Bonchev–Trinajstić information content (AvgIpc) is 2.50. The Hall–Kier alpha value is -2.55. The van der Waals surface area contributed by atoms with Crippen LogP contribution in [0.15, 0.2) is 70.1 Å². The van der Waals surface area contributed by atoms with E-state index < -0.39 is 0 Å². The third-order valence-corrected chi connectivity index (χ3v) is 2.77. The molecular weight excluding hydrogens is 226 g/mol. The van der Waals surface area contributed by atoms with Gasteiger partial charge in [0.05, 0.1) is 11.8 Å². The number of pyridine rings is 1. The summed E-state index contributed by atoms with van der Waals surface area (Å²) in [5, 5.41) is 1.86. The summed E-state index contributed by atoms with van der Waals surface area (Å²) < 4.78 is 5.55. The van der Waals surface area contributed by atoms with Crippen LogP contribution in [0.4, 0.5) is 0 Å². The Balaban J connectivity index is 2.58. The fraction of sp³-hybridized carbons (Fsp3) is 0. The monoisotopic (exact) mass is 237 g/mol. The van der Waals surface area contributed by atoms with E-state index in [1.54, 1.807) is 12.3 Å². The molecule has 1 aromatic carbocycles. The Labute approximate surface area is 103 Å². The van der Waals surface area contributed by atoms with Crippen LogP contribution in [0, 0.1) is 0 Å². The van der Waals surface area contributed by atoms with Gasteiger partial charge in [-0.1, -0.05) is 18.2 Å². The first-order valence-electron chi connectivity index (χ1n) is 5.67. The minimum atomic E-state index is -0.116. The largest absolute Gasteiger partial charge is 0.464 e. The van der Waals surface area contributed by atoms with Gasteiger partial charge < -0.3 is 9.40 Å². The van der Waals surface area contributed by atoms with Gasteiger partial charge in [0.2, 0.25) is 5.56 Å². The van der Waals surface area contributed by atoms with Crippen LogP contribution in [0.5, 0.6) is 0 Å². The lowest BCUT2D eigenvalue weighted by Crippen LogP contribution is -2.02. The first kappa shape index (κ1) is 10.6. The highest BCUT2D eigenvalue weighted by Gasteiger charge is 2.00. The lowest BCUT2D eigenvalue weighted by Gasteiger charge is -1.99. The van der Waals surface area contributed by atoms with Crippen LogP contribution >= 0.6 is 0 Å². The maximum atomic E-state index is 11.4. The van der Waals surface area contributed by atoms with E-state index in [0.29, 0.717) is 0 Å². The van der Waals surface area contributed by atoms with Crippen molar-refractivity contribution in [2.75, 3.05) is 0 Å². The number of fused-ring (bicyclic) bond motifs is 3. The topological polar surface area (TPSA) is 46.0 Å². The van der Waals surface area contributed by atoms with E-state index in [9.17, 15) is 4.79 Å². The van der Waals surface area contributed by atoms with E-state index in [1.807, 2.05) is 42.5 Å². The van der Waals surface area contributed by atoms with E-state index in [2.05, 4.69) is 4.98 Å². The molecule has 2 aromatic heterocycles. The zero-order valence-electron chi connectivity index (χ0n) is 9.59. The molecule has 3 rings (SSSR count). The predicted octanol–water partition coefficient (Wildman–Crippen LogP) is 3.40. The normalized spacial score (nSPS) is 10.4. The minimum absolute atomic E-state index is 0.116. The molecule has 3 heteroatoms. The molecule has 3 nitrogen and oxygen atoms in total. The number of aromatic nitrogens is 1. The standard InChI is InChI=1S/C15H11NO2/c17-14-9-7-11-6-8-13-12(15(11)16-14)5-3-1-2-4-10-18-13/h1-10H,(H,16,17). The van der Waals surface area contributed by atoms with Crippen molar-refractivity contribution in [2.24, 2.45) is 0 Å². The molecule has 0 spiro atoms. The summed E-state index contributed by atoms with van der Waals surface area (Å²) in [6, 6.07) is 16.6. The second-order valence-electron chi connectivity index (χ2n) is 3.95. The number of nitrogens with one attached hydrogen (secondary N) is 1. The third-order valence-electron chi connectivity index (χ3n) is 2.77. The molecule has 0 aliphatic rings. The van der Waals surface area contributed by atoms with E-state index in [-0.39, 0.29) is 5.56 Å². The fourth-order valence-corrected chi connectivity index (χ4v) is 1.93. The average molecular weight is 237 g/mol. The molecule has 2 heterocycles. The second kappa shape index (κ2) is 4.37. The zero-order chi connectivity index (χ0) is 12.4. The highest BCUT2D eigenvalue weighted by Crippen LogP contribution is 2.20. The number of hydrogen-bond acceptors (Lipinski definition) is 2. The van der Waals surface area contributed by atoms with Crippen molar-refractivity contribution >= 4 is 21.9 Å². The van der Waals surface area contributed by atoms with Crippen LogP contribution < -0.4 is 5.56 Å². The molecule has 0 radical (unpaired) electrons. The first-order valence-corrected chi connectivity index (χ1v) is 5.67. The molecule has 88 valence electrons. The van der Waals surface area contributed by atoms with Crippen molar-refractivity contribution in [3.8, 4) is 0 Å². The van der Waals surface area contributed by atoms with Gasteiger partial charge in [0.25, 0.3) is 0 Å². The van der Waals surface area contributed by atoms with Crippen LogP contribution in [-0.2, 0) is 0 Å². The van der Waals surface area contributed by atoms with Crippen LogP contribution in [0.2, 0.25) is 0 Å². The maximum absolute atomic E-state index is 11.4. The number of H-pyrrole nitrogens is 1. The van der Waals surface area contributed by atoms with Crippen LogP contribution in [0.25, 0.3) is 21.9 Å². The van der Waals surface area contributed by atoms with E-state index in [4.69, 9.17) is 4.42 Å². The molecule has 1 N–H and O–H groups in total. The van der Waals surface area contributed by atoms with Gasteiger partial charge in [-0.25, -0.2) is 0 Å². The van der Waals surface area contributed by atoms with Crippen molar-refractivity contribution in [3.05, 3.63) is 71.2 Å². The highest BCUT2D eigenvalue weighted by atomic mass is 16.3. The van der Waals surface area contributed by atoms with Crippen LogP contribution in [-0.4, -0.2) is 4.98 Å². The van der Waals surface area contributed by atoms with Crippen molar-refractivity contribution in [1.82, 2.24) is 4.98 Å². The minimum Gasteiger partial charge on any atom is -0.464 e. The third kappa shape index (κ3) is 1.86. The summed E-state index contributed by atoms with van der Waals surface area (Å²) in [6.45, 7) is 0. The van der Waals surface area contributed by atoms with Gasteiger partial charge in [-0.3, -0.25) is 4.79 Å². The van der Waals surface area contributed by atoms with Gasteiger partial charge in [-0.2, -0.15) is 0 Å². The Morgan fingerprint density at radius 1 is 0.889 bits per heavy atom. The summed E-state index contributed by atoms with van der Waals surface area (Å²) in [7, 11) is 0. The van der Waals surface area contributed by atoms with Crippen LogP contribution in [0.3, 0.4) is 0 Å². The summed E-state index contributed by atoms with van der Waals surface area (Å²) >= 11 is 0. The molecule has 18 heavy (non-hydrogen) atoms. The summed E-state index contributed by atoms with van der Waals surface area (Å²) in [4.78, 5) is 14.3. The highest BCUT2D eigenvalue weighted by molar-refractivity contribution is 6.02. The molecule has 0 aliphatic carbocycles. The van der Waals surface area contributed by atoms with Crippen molar-refractivity contribution in [3.63, 3.8) is 0 Å². The number of aromatic amines is 1. The van der Waals surface area contributed by atoms with Gasteiger partial charge in [-0.05, 0) is 35.7 Å². The van der Waals surface area contributed by atoms with Gasteiger partial charge in [-0.15, -0.1) is 0 Å². The first-order chi connectivity index (χ1) is 8.84. The predicted molar refractivity (Wildman–Crippen MR) is 72.0 cm³/mol. The van der Waals surface area contributed by atoms with Crippen molar-refractivity contribution < 1.29 is 4.42 Å². The molecule has 0 unspecified atom stereocenters. The quantitative estimate of drug-likeness (QED) is 0.651. The molecule has 0 atom stereocenters. The maximum Gasteiger partial charge on any atom is 0.248 e. The lowest BCUT2D eigenvalue weighted by molar-refractivity contribution is 0.607. The summed E-state index contributed by atoms with van der Waals surface area (Å²) in [6.07, 6.45) is 1.62. The molecule has 0 fully saturated rings. The Morgan fingerprint density at radius 2 is 1.72 bits per heavy atom. The van der Waals surface area contributed by atoms with Gasteiger partial charge in [0, 0.05) is 11.5 Å². The fourth-order valence-electron chi connectivity index (χ4n) is 1.93. The smallest absolute Gasteiger partial charge is 0.248 e. The lowest BCUT2D eigenvalue weighted by atomic mass is 10.1. The SMILES string of the molecule is O=c1ccc2ccc3occccccc3c2[nH]1. The number of hydrogen-bond donors (Lipinski definition) is 1. The van der Waals surface area contributed by atoms with Gasteiger partial charge >= 0.3 is 0 Å². The Kier molecular flexibility index (Phi) is 2.57. The molecule has 0 aliphatic heterocycles. The van der Waals surface area contributed by atoms with E-state index in [1.165, 1.54) is 6.07 Å². The van der Waals surface area contributed by atoms with E-state index >= 15 is 0 Å². The number of rotatable bonds is 0. The Morgan fingerprint density at radius 3 is 2.67 bits per heavy atom. The molecule has 0 bridgehead atoms. The van der Waals surface area contributed by atoms with Gasteiger partial charge in [0.1, 0.15) is 5.58 Å². The molecule has 0 saturated heterocycles. The van der Waals surface area contributed by atoms with Crippen LogP contribution in [0.1, 0.15) is 0 Å². The number of benzene rings is 1. The molecule has 0 amide bonds. The second-order valence-corrected chi connectivity index (χ2v) is 3.95. The Bertz CT molecular complexity index is 813. The van der Waals surface area contributed by atoms with Crippen molar-refractivity contribution in [1.29, 1.82) is 0 Å². The summed E-state index contributed by atoms with van der Waals surface area (Å²) in [5.41, 5.74) is 1.40. The molecule has 0 saturated carbocycles. The zero-order valence-corrected chi connectivity index (χ0v) is 9.59. The summed E-state index contributed by atoms with van der Waals surface area (Å²) in [5.74, 6) is 0. The molecule has 3 aromatic rings. The molecular formula is C15H11NO2. The van der Waals surface area contributed by atoms with E-state index in [0.717, 1.165) is 21.9 Å².